The summed E-state index contributed by atoms with van der Waals surface area (Å²) in [7, 11) is 1.90. The SMILES string of the molecule is Cn1cc(CN2CCCN(C(=O)[C@H]3CCCC(F)(F)C3)CC2)cn1. The molecule has 1 amide bonds. The van der Waals surface area contributed by atoms with Crippen LogP contribution in [0.3, 0.4) is 0 Å². The Hall–Kier alpha value is -1.50. The third kappa shape index (κ3) is 4.32. The van der Waals surface area contributed by atoms with Crippen LogP contribution in [0.15, 0.2) is 12.4 Å². The summed E-state index contributed by atoms with van der Waals surface area (Å²) in [4.78, 5) is 16.7. The van der Waals surface area contributed by atoms with Gasteiger partial charge in [-0.3, -0.25) is 14.4 Å². The first-order valence-corrected chi connectivity index (χ1v) is 8.79. The molecule has 3 rings (SSSR count). The van der Waals surface area contributed by atoms with E-state index in [0.717, 1.165) is 31.6 Å². The smallest absolute Gasteiger partial charge is 0.248 e. The van der Waals surface area contributed by atoms with Crippen LogP contribution in [0.25, 0.3) is 0 Å². The minimum atomic E-state index is -2.67. The van der Waals surface area contributed by atoms with Crippen LogP contribution in [0.4, 0.5) is 8.78 Å². The summed E-state index contributed by atoms with van der Waals surface area (Å²) in [5.74, 6) is -3.24. The lowest BCUT2D eigenvalue weighted by Crippen LogP contribution is -2.42. The zero-order valence-electron chi connectivity index (χ0n) is 14.3. The lowest BCUT2D eigenvalue weighted by molar-refractivity contribution is -0.142. The Bertz CT molecular complexity index is 575. The van der Waals surface area contributed by atoms with E-state index in [4.69, 9.17) is 0 Å². The fourth-order valence-corrected chi connectivity index (χ4v) is 3.80. The molecule has 2 heterocycles. The number of nitrogens with zero attached hydrogens (tertiary/aromatic N) is 4. The Kier molecular flexibility index (Phi) is 5.18. The van der Waals surface area contributed by atoms with Gasteiger partial charge in [0.1, 0.15) is 0 Å². The highest BCUT2D eigenvalue weighted by Crippen LogP contribution is 2.37. The molecule has 1 atom stereocenters. The van der Waals surface area contributed by atoms with Crippen molar-refractivity contribution in [3.63, 3.8) is 0 Å². The van der Waals surface area contributed by atoms with Crippen LogP contribution in [0.2, 0.25) is 0 Å². The molecule has 1 saturated carbocycles. The summed E-state index contributed by atoms with van der Waals surface area (Å²) in [5, 5.41) is 4.18. The average molecular weight is 340 g/mol. The van der Waals surface area contributed by atoms with Crippen molar-refractivity contribution in [1.29, 1.82) is 0 Å². The van der Waals surface area contributed by atoms with E-state index in [-0.39, 0.29) is 18.7 Å². The predicted octanol–water partition coefficient (Wildman–Crippen LogP) is 2.28. The minimum absolute atomic E-state index is 0.0717. The lowest BCUT2D eigenvalue weighted by atomic mass is 9.85. The Morgan fingerprint density at radius 3 is 2.83 bits per heavy atom. The third-order valence-electron chi connectivity index (χ3n) is 5.05. The molecular weight excluding hydrogens is 314 g/mol. The highest BCUT2D eigenvalue weighted by molar-refractivity contribution is 5.79. The summed E-state index contributed by atoms with van der Waals surface area (Å²) in [6.07, 6.45) is 5.44. The molecule has 24 heavy (non-hydrogen) atoms. The van der Waals surface area contributed by atoms with Crippen molar-refractivity contribution < 1.29 is 13.6 Å². The molecule has 0 aromatic carbocycles. The van der Waals surface area contributed by atoms with Crippen molar-refractivity contribution >= 4 is 5.91 Å². The summed E-state index contributed by atoms with van der Waals surface area (Å²) < 4.78 is 28.9. The molecule has 1 aliphatic carbocycles. The first kappa shape index (κ1) is 17.3. The fourth-order valence-electron chi connectivity index (χ4n) is 3.80. The van der Waals surface area contributed by atoms with Crippen molar-refractivity contribution in [2.24, 2.45) is 13.0 Å². The molecule has 0 unspecified atom stereocenters. The van der Waals surface area contributed by atoms with E-state index >= 15 is 0 Å². The number of amides is 1. The van der Waals surface area contributed by atoms with Gasteiger partial charge in [0.15, 0.2) is 0 Å². The number of rotatable bonds is 3. The quantitative estimate of drug-likeness (QED) is 0.848. The molecule has 1 saturated heterocycles. The van der Waals surface area contributed by atoms with Gasteiger partial charge in [-0.25, -0.2) is 8.78 Å². The molecule has 0 N–H and O–H groups in total. The number of hydrogen-bond donors (Lipinski definition) is 0. The molecule has 0 bridgehead atoms. The first-order valence-electron chi connectivity index (χ1n) is 8.79. The van der Waals surface area contributed by atoms with E-state index < -0.39 is 11.8 Å². The largest absolute Gasteiger partial charge is 0.341 e. The molecule has 1 aliphatic heterocycles. The van der Waals surface area contributed by atoms with Gasteiger partial charge in [0.25, 0.3) is 0 Å². The van der Waals surface area contributed by atoms with Gasteiger partial charge in [-0.15, -0.1) is 0 Å². The van der Waals surface area contributed by atoms with Gasteiger partial charge in [0.2, 0.25) is 11.8 Å². The van der Waals surface area contributed by atoms with Crippen molar-refractivity contribution in [3.8, 4) is 0 Å². The number of aromatic nitrogens is 2. The second-order valence-electron chi connectivity index (χ2n) is 7.13. The normalized spacial score (nSPS) is 25.5. The van der Waals surface area contributed by atoms with Gasteiger partial charge in [0.05, 0.1) is 6.20 Å². The Balaban J connectivity index is 1.54. The van der Waals surface area contributed by atoms with Crippen molar-refractivity contribution in [3.05, 3.63) is 18.0 Å². The maximum Gasteiger partial charge on any atom is 0.248 e. The Morgan fingerprint density at radius 1 is 1.29 bits per heavy atom. The lowest BCUT2D eigenvalue weighted by Gasteiger charge is -2.32. The van der Waals surface area contributed by atoms with Crippen LogP contribution >= 0.6 is 0 Å². The van der Waals surface area contributed by atoms with Gasteiger partial charge >= 0.3 is 0 Å². The number of hydrogen-bond acceptors (Lipinski definition) is 3. The van der Waals surface area contributed by atoms with E-state index in [1.165, 1.54) is 0 Å². The van der Waals surface area contributed by atoms with Crippen LogP contribution in [0.1, 0.15) is 37.7 Å². The average Bonchev–Trinajstić information content (AvgIpc) is 2.79. The van der Waals surface area contributed by atoms with Crippen molar-refractivity contribution in [1.82, 2.24) is 19.6 Å². The first-order chi connectivity index (χ1) is 11.4. The van der Waals surface area contributed by atoms with Gasteiger partial charge in [-0.2, -0.15) is 5.10 Å². The molecule has 0 spiro atoms. The zero-order valence-corrected chi connectivity index (χ0v) is 14.3. The summed E-state index contributed by atoms with van der Waals surface area (Å²) in [6.45, 7) is 3.81. The topological polar surface area (TPSA) is 41.4 Å². The zero-order chi connectivity index (χ0) is 17.2. The molecule has 1 aromatic rings. The van der Waals surface area contributed by atoms with Crippen molar-refractivity contribution in [2.45, 2.75) is 44.6 Å². The number of carbonyl (C=O) groups is 1. The second kappa shape index (κ2) is 7.17. The summed E-state index contributed by atoms with van der Waals surface area (Å²) >= 11 is 0. The summed E-state index contributed by atoms with van der Waals surface area (Å²) in [6, 6.07) is 0. The predicted molar refractivity (Wildman–Crippen MR) is 86.6 cm³/mol. The molecular formula is C17H26F2N4O. The molecule has 1 aromatic heterocycles. The van der Waals surface area contributed by atoms with Crippen LogP contribution in [-0.4, -0.2) is 57.6 Å². The highest BCUT2D eigenvalue weighted by atomic mass is 19.3. The molecule has 5 nitrogen and oxygen atoms in total. The van der Waals surface area contributed by atoms with Gasteiger partial charge in [-0.05, 0) is 19.3 Å². The molecule has 2 fully saturated rings. The third-order valence-corrected chi connectivity index (χ3v) is 5.05. The van der Waals surface area contributed by atoms with Gasteiger partial charge in [0, 0.05) is 70.3 Å². The fraction of sp³-hybridized carbons (Fsp3) is 0.765. The standard InChI is InChI=1S/C17H26F2N4O/c1-21-12-14(11-20-21)13-22-6-3-7-23(9-8-22)16(24)15-4-2-5-17(18,19)10-15/h11-12,15H,2-10,13H2,1H3/t15-/m0/s1. The minimum Gasteiger partial charge on any atom is -0.341 e. The maximum atomic E-state index is 13.6. The van der Waals surface area contributed by atoms with Crippen LogP contribution < -0.4 is 0 Å². The van der Waals surface area contributed by atoms with Crippen LogP contribution in [-0.2, 0) is 18.4 Å². The molecule has 7 heteroatoms. The van der Waals surface area contributed by atoms with E-state index in [9.17, 15) is 13.6 Å². The maximum absolute atomic E-state index is 13.6. The Labute approximate surface area is 141 Å². The second-order valence-corrected chi connectivity index (χ2v) is 7.13. The molecule has 0 radical (unpaired) electrons. The van der Waals surface area contributed by atoms with Gasteiger partial charge < -0.3 is 4.90 Å². The van der Waals surface area contributed by atoms with E-state index in [0.29, 0.717) is 25.9 Å². The van der Waals surface area contributed by atoms with E-state index in [1.807, 2.05) is 19.4 Å². The highest BCUT2D eigenvalue weighted by Gasteiger charge is 2.40. The molecule has 2 aliphatic rings. The molecule has 134 valence electrons. The van der Waals surface area contributed by atoms with Gasteiger partial charge in [-0.1, -0.05) is 0 Å². The van der Waals surface area contributed by atoms with E-state index in [2.05, 4.69) is 10.00 Å². The summed E-state index contributed by atoms with van der Waals surface area (Å²) in [5.41, 5.74) is 1.16. The van der Waals surface area contributed by atoms with E-state index in [1.54, 1.807) is 9.58 Å². The van der Waals surface area contributed by atoms with Crippen LogP contribution in [0.5, 0.6) is 0 Å². The van der Waals surface area contributed by atoms with Crippen LogP contribution in [0, 0.1) is 5.92 Å². The Morgan fingerprint density at radius 2 is 2.12 bits per heavy atom. The number of carbonyl (C=O) groups excluding carboxylic acids is 1. The number of halogens is 2. The van der Waals surface area contributed by atoms with Crippen molar-refractivity contribution in [2.75, 3.05) is 26.2 Å². The number of aryl methyl sites for hydroxylation is 1. The monoisotopic (exact) mass is 340 g/mol. The number of alkyl halides is 2.